The Labute approximate surface area is 178 Å². The van der Waals surface area contributed by atoms with E-state index in [1.54, 1.807) is 0 Å². The smallest absolute Gasteiger partial charge is 0.462 e. The molecule has 2 aliphatic rings. The van der Waals surface area contributed by atoms with Crippen molar-refractivity contribution in [2.45, 2.75) is 122 Å². The lowest BCUT2D eigenvalue weighted by molar-refractivity contribution is -0.343. The van der Waals surface area contributed by atoms with Crippen LogP contribution >= 0.6 is 0 Å². The Morgan fingerprint density at radius 2 is 1.73 bits per heavy atom. The highest BCUT2D eigenvalue weighted by molar-refractivity contribution is 5.73. The van der Waals surface area contributed by atoms with E-state index < -0.39 is 36.6 Å². The van der Waals surface area contributed by atoms with Crippen LogP contribution in [-0.2, 0) is 14.3 Å². The summed E-state index contributed by atoms with van der Waals surface area (Å²) < 4.78 is 61.5. The van der Waals surface area contributed by atoms with E-state index in [2.05, 4.69) is 18.6 Å². The summed E-state index contributed by atoms with van der Waals surface area (Å²) in [6, 6.07) is 0. The molecule has 176 valence electrons. The van der Waals surface area contributed by atoms with Gasteiger partial charge in [-0.05, 0) is 63.2 Å². The number of carbonyl (C=O) groups is 1. The van der Waals surface area contributed by atoms with Gasteiger partial charge in [0, 0.05) is 0 Å². The third-order valence-corrected chi connectivity index (χ3v) is 6.72. The summed E-state index contributed by atoms with van der Waals surface area (Å²) in [5, 5.41) is 0. The molecule has 3 nitrogen and oxygen atoms in total. The number of rotatable bonds is 9. The Kier molecular flexibility index (Phi) is 10.4. The minimum absolute atomic E-state index is 0.194. The van der Waals surface area contributed by atoms with Crippen molar-refractivity contribution in [3.8, 4) is 0 Å². The van der Waals surface area contributed by atoms with Gasteiger partial charge in [0.05, 0.1) is 12.0 Å². The highest BCUT2D eigenvalue weighted by atomic mass is 19.4. The van der Waals surface area contributed by atoms with Gasteiger partial charge in [-0.3, -0.25) is 9.53 Å². The maximum Gasteiger partial charge on any atom is 0.522 e. The van der Waals surface area contributed by atoms with Crippen LogP contribution in [0.4, 0.5) is 17.6 Å². The second-order valence-corrected chi connectivity index (χ2v) is 9.38. The fourth-order valence-corrected chi connectivity index (χ4v) is 5.03. The number of hydrogen-bond donors (Lipinski definition) is 0. The van der Waals surface area contributed by atoms with Gasteiger partial charge in [-0.2, -0.15) is 0 Å². The average Bonchev–Trinajstić information content (AvgIpc) is 2.85. The van der Waals surface area contributed by atoms with E-state index in [1.165, 1.54) is 19.3 Å². The zero-order valence-electron chi connectivity index (χ0n) is 18.4. The van der Waals surface area contributed by atoms with Crippen molar-refractivity contribution in [3.63, 3.8) is 0 Å². The van der Waals surface area contributed by atoms with Crippen molar-refractivity contribution >= 4 is 5.97 Å². The van der Waals surface area contributed by atoms with Crippen molar-refractivity contribution in [1.82, 2.24) is 0 Å². The normalized spacial score (nSPS) is 31.7. The molecular weight excluding hydrogens is 400 g/mol. The zero-order chi connectivity index (χ0) is 22.1. The molecule has 0 heterocycles. The molecule has 0 aromatic heterocycles. The molecule has 0 spiro atoms. The maximum absolute atomic E-state index is 14.7. The third kappa shape index (κ3) is 9.11. The lowest BCUT2D eigenvalue weighted by atomic mass is 9.78. The molecule has 0 N–H and O–H groups in total. The van der Waals surface area contributed by atoms with Crippen LogP contribution in [-0.4, -0.2) is 30.7 Å². The zero-order valence-corrected chi connectivity index (χ0v) is 18.4. The average molecular weight is 439 g/mol. The summed E-state index contributed by atoms with van der Waals surface area (Å²) in [7, 11) is 0. The van der Waals surface area contributed by atoms with Crippen LogP contribution in [0.15, 0.2) is 0 Å². The first-order valence-corrected chi connectivity index (χ1v) is 11.8. The van der Waals surface area contributed by atoms with Crippen LogP contribution in [0.2, 0.25) is 0 Å². The highest BCUT2D eigenvalue weighted by Crippen LogP contribution is 2.36. The molecule has 0 aromatic rings. The first-order valence-electron chi connectivity index (χ1n) is 11.8. The van der Waals surface area contributed by atoms with Gasteiger partial charge >= 0.3 is 12.3 Å². The van der Waals surface area contributed by atoms with Gasteiger partial charge in [0.15, 0.2) is 0 Å². The predicted molar refractivity (Wildman–Crippen MR) is 108 cm³/mol. The molecule has 6 atom stereocenters. The molecule has 2 rings (SSSR count). The summed E-state index contributed by atoms with van der Waals surface area (Å²) >= 11 is 0. The van der Waals surface area contributed by atoms with E-state index in [-0.39, 0.29) is 6.42 Å². The van der Waals surface area contributed by atoms with Crippen molar-refractivity contribution in [1.29, 1.82) is 0 Å². The van der Waals surface area contributed by atoms with Crippen molar-refractivity contribution in [2.75, 3.05) is 0 Å². The molecule has 0 amide bonds. The largest absolute Gasteiger partial charge is 0.522 e. The molecule has 6 unspecified atom stereocenters. The van der Waals surface area contributed by atoms with Crippen LogP contribution in [0.3, 0.4) is 0 Å². The van der Waals surface area contributed by atoms with Crippen LogP contribution in [0.5, 0.6) is 0 Å². The quantitative estimate of drug-likeness (QED) is 0.218. The number of halogens is 4. The molecular formula is C23H38F4O3. The van der Waals surface area contributed by atoms with E-state index in [0.717, 1.165) is 19.3 Å². The third-order valence-electron chi connectivity index (χ3n) is 6.72. The van der Waals surface area contributed by atoms with Crippen LogP contribution in [0.25, 0.3) is 0 Å². The van der Waals surface area contributed by atoms with Crippen molar-refractivity contribution < 1.29 is 31.8 Å². The molecule has 7 heteroatoms. The fourth-order valence-electron chi connectivity index (χ4n) is 5.03. The summed E-state index contributed by atoms with van der Waals surface area (Å²) in [5.41, 5.74) is 0. The topological polar surface area (TPSA) is 35.5 Å². The van der Waals surface area contributed by atoms with Gasteiger partial charge in [0.25, 0.3) is 0 Å². The minimum atomic E-state index is -4.64. The Morgan fingerprint density at radius 1 is 1.03 bits per heavy atom. The Hall–Kier alpha value is -0.850. The van der Waals surface area contributed by atoms with E-state index in [0.29, 0.717) is 50.4 Å². The lowest BCUT2D eigenvalue weighted by Gasteiger charge is -2.31. The summed E-state index contributed by atoms with van der Waals surface area (Å²) in [6.07, 6.45) is 2.14. The number of alkyl halides is 4. The SMILES string of the molecule is CCCC(C)CCCC1CCC(C(=O)OC2CCCC(OC(F)(F)F)CC2)C(F)C1. The molecule has 0 aromatic carbocycles. The molecule has 2 saturated carbocycles. The van der Waals surface area contributed by atoms with Gasteiger partial charge in [0.1, 0.15) is 12.3 Å². The van der Waals surface area contributed by atoms with Gasteiger partial charge in [-0.15, -0.1) is 13.2 Å². The fraction of sp³-hybridized carbons (Fsp3) is 0.957. The van der Waals surface area contributed by atoms with Gasteiger partial charge < -0.3 is 4.74 Å². The van der Waals surface area contributed by atoms with Crippen LogP contribution in [0, 0.1) is 17.8 Å². The Bertz CT molecular complexity index is 511. The van der Waals surface area contributed by atoms with Crippen LogP contribution < -0.4 is 0 Å². The first-order chi connectivity index (χ1) is 14.2. The van der Waals surface area contributed by atoms with E-state index in [9.17, 15) is 22.4 Å². The van der Waals surface area contributed by atoms with Gasteiger partial charge in [-0.1, -0.05) is 46.0 Å². The molecule has 2 aliphatic carbocycles. The summed E-state index contributed by atoms with van der Waals surface area (Å²) in [5.74, 6) is -0.206. The van der Waals surface area contributed by atoms with E-state index in [4.69, 9.17) is 4.74 Å². The molecule has 0 saturated heterocycles. The number of ether oxygens (including phenoxy) is 2. The number of hydrogen-bond acceptors (Lipinski definition) is 3. The van der Waals surface area contributed by atoms with E-state index in [1.807, 2.05) is 0 Å². The molecule has 2 fully saturated rings. The number of esters is 1. The number of carbonyl (C=O) groups excluding carboxylic acids is 1. The predicted octanol–water partition coefficient (Wildman–Crippen LogP) is 7.13. The molecule has 0 aliphatic heterocycles. The molecule has 0 radical (unpaired) electrons. The second-order valence-electron chi connectivity index (χ2n) is 9.38. The highest BCUT2D eigenvalue weighted by Gasteiger charge is 2.38. The standard InChI is InChI=1S/C23H38F4O3/c1-3-6-16(2)7-4-8-17-11-14-20(21(24)15-17)22(28)29-18-9-5-10-19(13-12-18)30-23(25,26)27/h16-21H,3-15H2,1-2H3. The van der Waals surface area contributed by atoms with Gasteiger partial charge in [-0.25, -0.2) is 4.39 Å². The van der Waals surface area contributed by atoms with E-state index >= 15 is 0 Å². The maximum atomic E-state index is 14.7. The van der Waals surface area contributed by atoms with Crippen molar-refractivity contribution in [3.05, 3.63) is 0 Å². The molecule has 0 bridgehead atoms. The monoisotopic (exact) mass is 438 g/mol. The first kappa shape index (κ1) is 25.4. The lowest BCUT2D eigenvalue weighted by Crippen LogP contribution is -2.35. The summed E-state index contributed by atoms with van der Waals surface area (Å²) in [6.45, 7) is 4.45. The van der Waals surface area contributed by atoms with Crippen molar-refractivity contribution in [2.24, 2.45) is 17.8 Å². The summed E-state index contributed by atoms with van der Waals surface area (Å²) in [4.78, 5) is 12.5. The molecule has 30 heavy (non-hydrogen) atoms. The second kappa shape index (κ2) is 12.3. The van der Waals surface area contributed by atoms with Gasteiger partial charge in [0.2, 0.25) is 0 Å². The Morgan fingerprint density at radius 3 is 2.40 bits per heavy atom. The Balaban J connectivity index is 1.71. The van der Waals surface area contributed by atoms with Crippen LogP contribution in [0.1, 0.15) is 97.3 Å². The minimum Gasteiger partial charge on any atom is -0.462 e.